The fourth-order valence-electron chi connectivity index (χ4n) is 5.28. The van der Waals surface area contributed by atoms with Gasteiger partial charge in [-0.15, -0.1) is 0 Å². The number of rotatable bonds is 7. The maximum atomic E-state index is 12.4. The van der Waals surface area contributed by atoms with E-state index in [1.165, 1.54) is 0 Å². The Kier molecular flexibility index (Phi) is 6.94. The molecular weight excluding hydrogens is 490 g/mol. The second kappa shape index (κ2) is 10.8. The van der Waals surface area contributed by atoms with E-state index >= 15 is 0 Å². The minimum atomic E-state index is -0.189. The third-order valence-electron chi connectivity index (χ3n) is 7.08. The lowest BCUT2D eigenvalue weighted by atomic mass is 9.95. The molecule has 2 aromatic heterocycles. The van der Waals surface area contributed by atoms with Gasteiger partial charge in [-0.05, 0) is 61.4 Å². The average molecular weight is 524 g/mol. The van der Waals surface area contributed by atoms with Crippen LogP contribution in [-0.2, 0) is 17.7 Å². The van der Waals surface area contributed by atoms with Crippen molar-refractivity contribution < 1.29 is 9.47 Å². The Morgan fingerprint density at radius 2 is 2.00 bits per heavy atom. The molecule has 0 radical (unpaired) electrons. The number of pyridine rings is 2. The molecule has 8 nitrogen and oxygen atoms in total. The summed E-state index contributed by atoms with van der Waals surface area (Å²) in [5.74, 6) is 1.72. The lowest BCUT2D eigenvalue weighted by Gasteiger charge is -2.35. The van der Waals surface area contributed by atoms with E-state index in [9.17, 15) is 4.79 Å². The van der Waals surface area contributed by atoms with Crippen LogP contribution in [0.1, 0.15) is 42.2 Å². The van der Waals surface area contributed by atoms with Crippen molar-refractivity contribution in [2.24, 2.45) is 0 Å². The molecule has 1 atom stereocenters. The van der Waals surface area contributed by atoms with Gasteiger partial charge in [0.15, 0.2) is 0 Å². The number of nitrogens with zero attached hydrogens (tertiary/aromatic N) is 2. The molecular formula is C31H33N5O3. The van der Waals surface area contributed by atoms with Crippen molar-refractivity contribution in [3.63, 3.8) is 0 Å². The first kappa shape index (κ1) is 25.0. The summed E-state index contributed by atoms with van der Waals surface area (Å²) in [5, 5.41) is 6.93. The van der Waals surface area contributed by atoms with Crippen LogP contribution in [0.15, 0.2) is 78.0 Å². The molecule has 1 unspecified atom stereocenters. The molecule has 2 aliphatic rings. The Morgan fingerprint density at radius 3 is 2.87 bits per heavy atom. The molecule has 39 heavy (non-hydrogen) atoms. The number of morpholine rings is 1. The Morgan fingerprint density at radius 1 is 1.08 bits per heavy atom. The van der Waals surface area contributed by atoms with Crippen LogP contribution in [0.2, 0.25) is 0 Å². The van der Waals surface area contributed by atoms with Crippen molar-refractivity contribution in [1.82, 2.24) is 9.97 Å². The maximum absolute atomic E-state index is 12.4. The van der Waals surface area contributed by atoms with Crippen molar-refractivity contribution >= 4 is 17.1 Å². The van der Waals surface area contributed by atoms with Gasteiger partial charge in [0.05, 0.1) is 12.3 Å². The molecule has 0 saturated carbocycles. The number of benzene rings is 2. The van der Waals surface area contributed by atoms with E-state index in [1.54, 1.807) is 6.20 Å². The van der Waals surface area contributed by atoms with Crippen LogP contribution >= 0.6 is 0 Å². The van der Waals surface area contributed by atoms with Crippen molar-refractivity contribution in [1.29, 1.82) is 0 Å². The molecule has 4 aromatic rings. The van der Waals surface area contributed by atoms with Gasteiger partial charge in [-0.3, -0.25) is 9.78 Å². The van der Waals surface area contributed by atoms with E-state index in [0.29, 0.717) is 38.0 Å². The molecule has 8 heteroatoms. The van der Waals surface area contributed by atoms with Crippen molar-refractivity contribution in [2.45, 2.75) is 39.0 Å². The number of H-pyrrole nitrogens is 1. The second-order valence-corrected chi connectivity index (χ2v) is 10.4. The third-order valence-corrected chi connectivity index (χ3v) is 7.08. The van der Waals surface area contributed by atoms with E-state index in [0.717, 1.165) is 51.5 Å². The molecule has 0 bridgehead atoms. The Hall–Kier alpha value is -4.30. The quantitative estimate of drug-likeness (QED) is 0.260. The van der Waals surface area contributed by atoms with E-state index in [-0.39, 0.29) is 11.7 Å². The topological polar surface area (TPSA) is 91.5 Å². The molecule has 2 aliphatic heterocycles. The second-order valence-electron chi connectivity index (χ2n) is 10.4. The van der Waals surface area contributed by atoms with Crippen molar-refractivity contribution in [2.75, 3.05) is 35.2 Å². The van der Waals surface area contributed by atoms with Gasteiger partial charge in [0, 0.05) is 67.5 Å². The molecule has 0 amide bonds. The summed E-state index contributed by atoms with van der Waals surface area (Å²) in [7, 11) is 0. The minimum Gasteiger partial charge on any atom is -0.456 e. The predicted octanol–water partition coefficient (Wildman–Crippen LogP) is 5.48. The Labute approximate surface area is 228 Å². The van der Waals surface area contributed by atoms with Gasteiger partial charge in [-0.25, -0.2) is 0 Å². The first-order valence-electron chi connectivity index (χ1n) is 13.4. The standard InChI is InChI=1S/C31H33N5O3/c1-20(2)35-25-13-21(16-32-18-25)17-34-24-8-9-28-23(15-24)14-22-5-3-6-26(30(22)39-28)29-19-36(11-12-38-29)27-7-4-10-33-31(27)37/h3-10,13,15-16,18,20,29,34-35H,11-12,14,17,19H2,1-2H3,(H,33,37). The summed E-state index contributed by atoms with van der Waals surface area (Å²) in [6, 6.07) is 18.7. The monoisotopic (exact) mass is 523 g/mol. The van der Waals surface area contributed by atoms with Gasteiger partial charge in [0.25, 0.3) is 5.56 Å². The van der Waals surface area contributed by atoms with Crippen LogP contribution in [-0.4, -0.2) is 35.7 Å². The summed E-state index contributed by atoms with van der Waals surface area (Å²) in [4.78, 5) is 21.6. The predicted molar refractivity (Wildman–Crippen MR) is 154 cm³/mol. The number of aromatic nitrogens is 2. The Balaban J connectivity index is 1.17. The normalized spacial score (nSPS) is 16.3. The minimum absolute atomic E-state index is 0.0842. The van der Waals surface area contributed by atoms with E-state index in [1.807, 2.05) is 30.6 Å². The summed E-state index contributed by atoms with van der Waals surface area (Å²) in [6.07, 6.45) is 5.98. The van der Waals surface area contributed by atoms with Crippen LogP contribution in [0.25, 0.3) is 0 Å². The number of hydrogen-bond acceptors (Lipinski definition) is 7. The highest BCUT2D eigenvalue weighted by molar-refractivity contribution is 5.59. The molecule has 200 valence electrons. The Bertz CT molecular complexity index is 1530. The lowest BCUT2D eigenvalue weighted by Crippen LogP contribution is -2.41. The van der Waals surface area contributed by atoms with Crippen molar-refractivity contribution in [3.8, 4) is 11.5 Å². The molecule has 4 heterocycles. The van der Waals surface area contributed by atoms with Crippen LogP contribution in [0.4, 0.5) is 17.1 Å². The third kappa shape index (κ3) is 5.47. The summed E-state index contributed by atoms with van der Waals surface area (Å²) in [5.41, 5.74) is 7.05. The van der Waals surface area contributed by atoms with Crippen molar-refractivity contribution in [3.05, 3.63) is 106 Å². The number of para-hydroxylation sites is 1. The first-order chi connectivity index (χ1) is 19.0. The number of fused-ring (bicyclic) bond motifs is 2. The zero-order valence-corrected chi connectivity index (χ0v) is 22.2. The summed E-state index contributed by atoms with van der Waals surface area (Å²) in [6.45, 7) is 6.72. The number of hydrogen-bond donors (Lipinski definition) is 3. The van der Waals surface area contributed by atoms with Gasteiger partial charge in [0.1, 0.15) is 23.3 Å². The molecule has 3 N–H and O–H groups in total. The highest BCUT2D eigenvalue weighted by atomic mass is 16.5. The molecule has 1 saturated heterocycles. The van der Waals surface area contributed by atoms with Gasteiger partial charge in [0.2, 0.25) is 0 Å². The molecule has 0 aliphatic carbocycles. The fraction of sp³-hybridized carbons (Fsp3) is 0.290. The molecule has 0 spiro atoms. The zero-order chi connectivity index (χ0) is 26.8. The van der Waals surface area contributed by atoms with E-state index < -0.39 is 0 Å². The fourth-order valence-corrected chi connectivity index (χ4v) is 5.28. The number of anilines is 3. The van der Waals surface area contributed by atoms with Crippen LogP contribution in [0.5, 0.6) is 11.5 Å². The number of aromatic amines is 1. The van der Waals surface area contributed by atoms with Crippen LogP contribution in [0.3, 0.4) is 0 Å². The average Bonchev–Trinajstić information content (AvgIpc) is 2.95. The zero-order valence-electron chi connectivity index (χ0n) is 22.2. The van der Waals surface area contributed by atoms with Gasteiger partial charge >= 0.3 is 0 Å². The summed E-state index contributed by atoms with van der Waals surface area (Å²) < 4.78 is 12.7. The smallest absolute Gasteiger partial charge is 0.271 e. The lowest BCUT2D eigenvalue weighted by molar-refractivity contribution is 0.0383. The summed E-state index contributed by atoms with van der Waals surface area (Å²) >= 11 is 0. The van der Waals surface area contributed by atoms with E-state index in [2.05, 4.69) is 75.7 Å². The SMILES string of the molecule is CC(C)Nc1cncc(CNc2ccc3c(c2)Cc2cccc(C4CN(c5ccc[nH]c5=O)CCO4)c2O3)c1. The van der Waals surface area contributed by atoms with Gasteiger partial charge < -0.3 is 30.0 Å². The largest absolute Gasteiger partial charge is 0.456 e. The highest BCUT2D eigenvalue weighted by Crippen LogP contribution is 2.43. The van der Waals surface area contributed by atoms with Crippen LogP contribution < -0.4 is 25.8 Å². The molecule has 1 fully saturated rings. The van der Waals surface area contributed by atoms with E-state index in [4.69, 9.17) is 9.47 Å². The van der Waals surface area contributed by atoms with Crippen LogP contribution in [0, 0.1) is 0 Å². The highest BCUT2D eigenvalue weighted by Gasteiger charge is 2.29. The maximum Gasteiger partial charge on any atom is 0.271 e. The van der Waals surface area contributed by atoms with Gasteiger partial charge in [-0.1, -0.05) is 18.2 Å². The van der Waals surface area contributed by atoms with Gasteiger partial charge in [-0.2, -0.15) is 0 Å². The first-order valence-corrected chi connectivity index (χ1v) is 13.4. The number of ether oxygens (including phenoxy) is 2. The number of nitrogens with one attached hydrogen (secondary N) is 3. The molecule has 2 aromatic carbocycles. The molecule has 6 rings (SSSR count).